The van der Waals surface area contributed by atoms with Crippen molar-refractivity contribution in [1.82, 2.24) is 10.3 Å². The summed E-state index contributed by atoms with van der Waals surface area (Å²) in [7, 11) is 1.99. The molecule has 0 aliphatic rings. The molecule has 0 aliphatic carbocycles. The van der Waals surface area contributed by atoms with Crippen molar-refractivity contribution >= 4 is 11.3 Å². The lowest BCUT2D eigenvalue weighted by Crippen LogP contribution is -2.17. The van der Waals surface area contributed by atoms with E-state index >= 15 is 0 Å². The van der Waals surface area contributed by atoms with Crippen molar-refractivity contribution in [3.63, 3.8) is 0 Å². The topological polar surface area (TPSA) is 24.9 Å². The minimum Gasteiger partial charge on any atom is -0.312 e. The van der Waals surface area contributed by atoms with Crippen LogP contribution < -0.4 is 5.32 Å². The molecule has 1 aromatic heterocycles. The number of nitrogens with one attached hydrogen (secondary N) is 1. The van der Waals surface area contributed by atoms with Crippen molar-refractivity contribution < 1.29 is 0 Å². The Labute approximate surface area is 94.0 Å². The van der Waals surface area contributed by atoms with Crippen LogP contribution in [0.4, 0.5) is 0 Å². The summed E-state index contributed by atoms with van der Waals surface area (Å²) >= 11 is 1.70. The van der Waals surface area contributed by atoms with Gasteiger partial charge in [-0.2, -0.15) is 0 Å². The Morgan fingerprint density at radius 3 is 2.73 bits per heavy atom. The zero-order valence-electron chi connectivity index (χ0n) is 8.68. The van der Waals surface area contributed by atoms with Crippen LogP contribution >= 0.6 is 11.3 Å². The summed E-state index contributed by atoms with van der Waals surface area (Å²) < 4.78 is 0. The Balaban J connectivity index is 2.10. The Kier molecular flexibility index (Phi) is 3.48. The van der Waals surface area contributed by atoms with Gasteiger partial charge in [0.2, 0.25) is 0 Å². The van der Waals surface area contributed by atoms with Crippen LogP contribution in [-0.4, -0.2) is 12.0 Å². The van der Waals surface area contributed by atoms with Gasteiger partial charge < -0.3 is 5.32 Å². The highest BCUT2D eigenvalue weighted by atomic mass is 32.1. The summed E-state index contributed by atoms with van der Waals surface area (Å²) in [6, 6.07) is 10.9. The highest BCUT2D eigenvalue weighted by Crippen LogP contribution is 2.20. The van der Waals surface area contributed by atoms with Crippen molar-refractivity contribution in [1.29, 1.82) is 0 Å². The predicted octanol–water partition coefficient (Wildman–Crippen LogP) is 2.65. The molecule has 1 N–H and O–H groups in total. The van der Waals surface area contributed by atoms with Gasteiger partial charge in [0.15, 0.2) is 0 Å². The largest absolute Gasteiger partial charge is 0.312 e. The predicted molar refractivity (Wildman–Crippen MR) is 64.1 cm³/mol. The summed E-state index contributed by atoms with van der Waals surface area (Å²) in [5, 5.41) is 3.32. The lowest BCUT2D eigenvalue weighted by Gasteiger charge is -2.13. The second kappa shape index (κ2) is 5.05. The maximum Gasteiger partial charge on any atom is 0.0794 e. The third kappa shape index (κ3) is 2.64. The Hall–Kier alpha value is -1.19. The smallest absolute Gasteiger partial charge is 0.0794 e. The molecule has 1 aromatic carbocycles. The minimum absolute atomic E-state index is 0.375. The lowest BCUT2D eigenvalue weighted by molar-refractivity contribution is 0.601. The SMILES string of the molecule is CNC(Cc1ccccc1)c1cncs1. The van der Waals surface area contributed by atoms with Crippen molar-refractivity contribution in [3.05, 3.63) is 52.5 Å². The molecule has 2 rings (SSSR count). The van der Waals surface area contributed by atoms with E-state index in [2.05, 4.69) is 34.6 Å². The summed E-state index contributed by atoms with van der Waals surface area (Å²) in [6.07, 6.45) is 2.95. The molecule has 0 fully saturated rings. The van der Waals surface area contributed by atoms with Gasteiger partial charge in [-0.1, -0.05) is 30.3 Å². The maximum atomic E-state index is 4.11. The van der Waals surface area contributed by atoms with Crippen LogP contribution in [-0.2, 0) is 6.42 Å². The Bertz CT molecular complexity index is 383. The van der Waals surface area contributed by atoms with E-state index in [1.165, 1.54) is 10.4 Å². The van der Waals surface area contributed by atoms with E-state index in [0.29, 0.717) is 6.04 Å². The zero-order valence-corrected chi connectivity index (χ0v) is 9.50. The first-order chi connectivity index (χ1) is 7.40. The van der Waals surface area contributed by atoms with E-state index in [1.807, 2.05) is 24.8 Å². The summed E-state index contributed by atoms with van der Waals surface area (Å²) in [4.78, 5) is 5.40. The van der Waals surface area contributed by atoms with Crippen LogP contribution in [0.5, 0.6) is 0 Å². The van der Waals surface area contributed by atoms with Gasteiger partial charge in [-0.3, -0.25) is 4.98 Å². The molecule has 2 aromatic rings. The van der Waals surface area contributed by atoms with Crippen molar-refractivity contribution in [2.45, 2.75) is 12.5 Å². The quantitative estimate of drug-likeness (QED) is 0.853. The molecule has 78 valence electrons. The van der Waals surface area contributed by atoms with Crippen molar-refractivity contribution in [2.75, 3.05) is 7.05 Å². The molecule has 0 aliphatic heterocycles. The molecule has 0 amide bonds. The van der Waals surface area contributed by atoms with Gasteiger partial charge in [-0.15, -0.1) is 11.3 Å². The van der Waals surface area contributed by atoms with Gasteiger partial charge in [0.1, 0.15) is 0 Å². The van der Waals surface area contributed by atoms with E-state index in [0.717, 1.165) is 6.42 Å². The third-order valence-corrected chi connectivity index (χ3v) is 3.32. The molecule has 0 spiro atoms. The average Bonchev–Trinajstić information content (AvgIpc) is 2.81. The molecular formula is C12H14N2S. The second-order valence-corrected chi connectivity index (χ2v) is 4.35. The molecule has 0 bridgehead atoms. The summed E-state index contributed by atoms with van der Waals surface area (Å²) in [6.45, 7) is 0. The molecular weight excluding hydrogens is 204 g/mol. The zero-order chi connectivity index (χ0) is 10.5. The first-order valence-corrected chi connectivity index (χ1v) is 5.87. The van der Waals surface area contributed by atoms with Gasteiger partial charge in [0, 0.05) is 17.1 Å². The van der Waals surface area contributed by atoms with Crippen molar-refractivity contribution in [3.8, 4) is 0 Å². The van der Waals surface area contributed by atoms with Crippen molar-refractivity contribution in [2.24, 2.45) is 0 Å². The molecule has 0 saturated heterocycles. The first kappa shape index (κ1) is 10.3. The third-order valence-electron chi connectivity index (χ3n) is 2.43. The number of likely N-dealkylation sites (N-methyl/N-ethyl adjacent to an activating group) is 1. The molecule has 2 nitrogen and oxygen atoms in total. The fourth-order valence-electron chi connectivity index (χ4n) is 1.59. The Morgan fingerprint density at radius 1 is 1.33 bits per heavy atom. The fraction of sp³-hybridized carbons (Fsp3) is 0.250. The van der Waals surface area contributed by atoms with Gasteiger partial charge in [-0.25, -0.2) is 0 Å². The normalized spacial score (nSPS) is 12.6. The average molecular weight is 218 g/mol. The number of nitrogens with zero attached hydrogens (tertiary/aromatic N) is 1. The van der Waals surface area contributed by atoms with Crippen LogP contribution in [0, 0.1) is 0 Å². The number of rotatable bonds is 4. The van der Waals surface area contributed by atoms with E-state index in [9.17, 15) is 0 Å². The van der Waals surface area contributed by atoms with E-state index in [4.69, 9.17) is 0 Å². The van der Waals surface area contributed by atoms with Gasteiger partial charge >= 0.3 is 0 Å². The van der Waals surface area contributed by atoms with E-state index in [1.54, 1.807) is 11.3 Å². The first-order valence-electron chi connectivity index (χ1n) is 4.99. The molecule has 1 unspecified atom stereocenters. The maximum absolute atomic E-state index is 4.11. The summed E-state index contributed by atoms with van der Waals surface area (Å²) in [5.74, 6) is 0. The molecule has 1 heterocycles. The lowest BCUT2D eigenvalue weighted by atomic mass is 10.1. The van der Waals surface area contributed by atoms with Crippen LogP contribution in [0.15, 0.2) is 42.0 Å². The molecule has 3 heteroatoms. The number of hydrogen-bond donors (Lipinski definition) is 1. The highest BCUT2D eigenvalue weighted by molar-refractivity contribution is 7.09. The second-order valence-electron chi connectivity index (χ2n) is 3.43. The summed E-state index contributed by atoms with van der Waals surface area (Å²) in [5.41, 5.74) is 3.23. The number of hydrogen-bond acceptors (Lipinski definition) is 3. The van der Waals surface area contributed by atoms with Crippen LogP contribution in [0.3, 0.4) is 0 Å². The van der Waals surface area contributed by atoms with Gasteiger partial charge in [0.05, 0.1) is 5.51 Å². The van der Waals surface area contributed by atoms with Gasteiger partial charge in [0.25, 0.3) is 0 Å². The molecule has 0 saturated carbocycles. The minimum atomic E-state index is 0.375. The van der Waals surface area contributed by atoms with Crippen LogP contribution in [0.25, 0.3) is 0 Å². The fourth-order valence-corrected chi connectivity index (χ4v) is 2.32. The number of aromatic nitrogens is 1. The van der Waals surface area contributed by atoms with E-state index in [-0.39, 0.29) is 0 Å². The standard InChI is InChI=1S/C12H14N2S/c1-13-11(12-8-14-9-15-12)7-10-5-3-2-4-6-10/h2-6,8-9,11,13H,7H2,1H3. The number of benzene rings is 1. The molecule has 1 atom stereocenters. The molecule has 15 heavy (non-hydrogen) atoms. The van der Waals surface area contributed by atoms with Gasteiger partial charge in [-0.05, 0) is 19.0 Å². The van der Waals surface area contributed by atoms with Crippen LogP contribution in [0.1, 0.15) is 16.5 Å². The highest BCUT2D eigenvalue weighted by Gasteiger charge is 2.10. The molecule has 0 radical (unpaired) electrons. The van der Waals surface area contributed by atoms with Crippen LogP contribution in [0.2, 0.25) is 0 Å². The monoisotopic (exact) mass is 218 g/mol. The van der Waals surface area contributed by atoms with E-state index < -0.39 is 0 Å². The number of thiazole rings is 1. The Morgan fingerprint density at radius 2 is 2.13 bits per heavy atom.